The average Bonchev–Trinajstić information content (AvgIpc) is 3.09. The SMILES string of the molecule is O=C(C#Cc1ccccc1)OC1CCN(c2ncccc2[N+](=O)[O-])C1. The Morgan fingerprint density at radius 1 is 1.28 bits per heavy atom. The van der Waals surface area contributed by atoms with Gasteiger partial charge in [-0.05, 0) is 18.2 Å². The molecule has 1 aromatic heterocycles. The third kappa shape index (κ3) is 4.12. The van der Waals surface area contributed by atoms with E-state index in [1.165, 1.54) is 18.3 Å². The van der Waals surface area contributed by atoms with Gasteiger partial charge in [0, 0.05) is 36.7 Å². The second kappa shape index (κ2) is 7.45. The van der Waals surface area contributed by atoms with E-state index in [1.54, 1.807) is 17.0 Å². The molecule has 3 rings (SSSR count). The molecule has 1 aliphatic rings. The lowest BCUT2D eigenvalue weighted by Crippen LogP contribution is -2.25. The molecule has 7 heteroatoms. The number of carbonyl (C=O) groups excluding carboxylic acids is 1. The minimum atomic E-state index is -0.605. The molecule has 0 spiro atoms. The van der Waals surface area contributed by atoms with E-state index < -0.39 is 10.9 Å². The lowest BCUT2D eigenvalue weighted by molar-refractivity contribution is -0.384. The molecular formula is C18H15N3O4. The van der Waals surface area contributed by atoms with Crippen LogP contribution in [0.1, 0.15) is 12.0 Å². The van der Waals surface area contributed by atoms with E-state index in [-0.39, 0.29) is 11.8 Å². The summed E-state index contributed by atoms with van der Waals surface area (Å²) in [7, 11) is 0. The predicted octanol–water partition coefficient (Wildman–Crippen LogP) is 2.16. The zero-order chi connectivity index (χ0) is 17.6. The number of nitro groups is 1. The first kappa shape index (κ1) is 16.5. The molecule has 7 nitrogen and oxygen atoms in total. The summed E-state index contributed by atoms with van der Waals surface area (Å²) in [5, 5.41) is 11.1. The van der Waals surface area contributed by atoms with Crippen LogP contribution in [0.2, 0.25) is 0 Å². The maximum absolute atomic E-state index is 11.9. The smallest absolute Gasteiger partial charge is 0.385 e. The highest BCUT2D eigenvalue weighted by Gasteiger charge is 2.30. The molecule has 0 radical (unpaired) electrons. The van der Waals surface area contributed by atoms with Crippen LogP contribution in [0.4, 0.5) is 11.5 Å². The minimum absolute atomic E-state index is 0.0571. The number of anilines is 1. The van der Waals surface area contributed by atoms with E-state index in [4.69, 9.17) is 4.74 Å². The molecule has 1 aromatic carbocycles. The van der Waals surface area contributed by atoms with Crippen molar-refractivity contribution in [3.63, 3.8) is 0 Å². The number of benzene rings is 1. The molecule has 1 fully saturated rings. The standard InChI is InChI=1S/C18H15N3O4/c22-17(9-8-14-5-2-1-3-6-14)25-15-10-12-20(13-15)18-16(21(23)24)7-4-11-19-18/h1-7,11,15H,10,12-13H2. The number of nitrogens with zero attached hydrogens (tertiary/aromatic N) is 3. The van der Waals surface area contributed by atoms with Crippen LogP contribution in [0.25, 0.3) is 0 Å². The van der Waals surface area contributed by atoms with E-state index in [1.807, 2.05) is 18.2 Å². The Hall–Kier alpha value is -3.40. The van der Waals surface area contributed by atoms with Gasteiger partial charge in [-0.25, -0.2) is 9.78 Å². The first-order valence-electron chi connectivity index (χ1n) is 7.75. The molecule has 0 bridgehead atoms. The number of rotatable bonds is 3. The lowest BCUT2D eigenvalue weighted by Gasteiger charge is -2.16. The Balaban J connectivity index is 1.61. The quantitative estimate of drug-likeness (QED) is 0.369. The molecule has 0 N–H and O–H groups in total. The van der Waals surface area contributed by atoms with Crippen LogP contribution < -0.4 is 4.90 Å². The average molecular weight is 337 g/mol. The van der Waals surface area contributed by atoms with Gasteiger partial charge in [-0.2, -0.15) is 0 Å². The summed E-state index contributed by atoms with van der Waals surface area (Å²) in [5.41, 5.74) is 0.676. The summed E-state index contributed by atoms with van der Waals surface area (Å²) in [6.45, 7) is 0.887. The monoisotopic (exact) mass is 337 g/mol. The Bertz CT molecular complexity index is 842. The van der Waals surface area contributed by atoms with Gasteiger partial charge in [-0.15, -0.1) is 0 Å². The molecule has 2 heterocycles. The predicted molar refractivity (Wildman–Crippen MR) is 90.9 cm³/mol. The van der Waals surface area contributed by atoms with Gasteiger partial charge in [-0.3, -0.25) is 10.1 Å². The zero-order valence-electron chi connectivity index (χ0n) is 13.3. The van der Waals surface area contributed by atoms with Crippen molar-refractivity contribution in [3.8, 4) is 11.8 Å². The van der Waals surface area contributed by atoms with Gasteiger partial charge in [-0.1, -0.05) is 24.1 Å². The van der Waals surface area contributed by atoms with Crippen molar-refractivity contribution in [2.75, 3.05) is 18.0 Å². The van der Waals surface area contributed by atoms with Crippen LogP contribution in [0.5, 0.6) is 0 Å². The fourth-order valence-corrected chi connectivity index (χ4v) is 2.62. The third-order valence-corrected chi connectivity index (χ3v) is 3.76. The second-order valence-electron chi connectivity index (χ2n) is 5.48. The largest absolute Gasteiger partial charge is 0.451 e. The van der Waals surface area contributed by atoms with Gasteiger partial charge in [0.15, 0.2) is 0 Å². The summed E-state index contributed by atoms with van der Waals surface area (Å²) in [6.07, 6.45) is 1.72. The van der Waals surface area contributed by atoms with Gasteiger partial charge in [0.2, 0.25) is 5.82 Å². The van der Waals surface area contributed by atoms with Gasteiger partial charge in [0.1, 0.15) is 6.10 Å². The lowest BCUT2D eigenvalue weighted by atomic mass is 10.2. The highest BCUT2D eigenvalue weighted by molar-refractivity contribution is 5.89. The van der Waals surface area contributed by atoms with E-state index in [2.05, 4.69) is 16.8 Å². The number of esters is 1. The first-order chi connectivity index (χ1) is 12.1. The Morgan fingerprint density at radius 3 is 2.84 bits per heavy atom. The van der Waals surface area contributed by atoms with Crippen LogP contribution in [0.15, 0.2) is 48.7 Å². The van der Waals surface area contributed by atoms with E-state index in [0.717, 1.165) is 5.56 Å². The Labute approximate surface area is 144 Å². The van der Waals surface area contributed by atoms with Gasteiger partial charge in [0.05, 0.1) is 11.5 Å². The normalized spacial score (nSPS) is 16.0. The molecule has 0 aliphatic carbocycles. The van der Waals surface area contributed by atoms with Crippen molar-refractivity contribution in [2.24, 2.45) is 0 Å². The minimum Gasteiger partial charge on any atom is -0.451 e. The van der Waals surface area contributed by atoms with Crippen LogP contribution in [-0.4, -0.2) is 35.1 Å². The number of pyridine rings is 1. The van der Waals surface area contributed by atoms with Crippen LogP contribution in [-0.2, 0) is 9.53 Å². The van der Waals surface area contributed by atoms with Crippen molar-refractivity contribution in [3.05, 3.63) is 64.3 Å². The summed E-state index contributed by atoms with van der Waals surface area (Å²) in [4.78, 5) is 28.3. The maximum atomic E-state index is 11.9. The highest BCUT2D eigenvalue weighted by atomic mass is 16.6. The second-order valence-corrected chi connectivity index (χ2v) is 5.48. The van der Waals surface area contributed by atoms with Crippen molar-refractivity contribution >= 4 is 17.5 Å². The van der Waals surface area contributed by atoms with Crippen molar-refractivity contribution in [1.29, 1.82) is 0 Å². The van der Waals surface area contributed by atoms with Crippen LogP contribution >= 0.6 is 0 Å². The van der Waals surface area contributed by atoms with Gasteiger partial charge >= 0.3 is 11.7 Å². The van der Waals surface area contributed by atoms with Crippen LogP contribution in [0.3, 0.4) is 0 Å². The van der Waals surface area contributed by atoms with E-state index in [0.29, 0.717) is 25.3 Å². The molecule has 1 saturated heterocycles. The first-order valence-corrected chi connectivity index (χ1v) is 7.75. The molecule has 1 atom stereocenters. The summed E-state index contributed by atoms with van der Waals surface area (Å²) in [5.74, 6) is 4.89. The number of hydrogen-bond donors (Lipinski definition) is 0. The number of aromatic nitrogens is 1. The number of hydrogen-bond acceptors (Lipinski definition) is 6. The van der Waals surface area contributed by atoms with Crippen molar-refractivity contribution < 1.29 is 14.5 Å². The molecule has 1 aliphatic heterocycles. The Kier molecular flexibility index (Phi) is 4.90. The molecule has 126 valence electrons. The molecular weight excluding hydrogens is 322 g/mol. The van der Waals surface area contributed by atoms with Crippen LogP contribution in [0, 0.1) is 22.0 Å². The Morgan fingerprint density at radius 2 is 2.08 bits per heavy atom. The third-order valence-electron chi connectivity index (χ3n) is 3.76. The fraction of sp³-hybridized carbons (Fsp3) is 0.222. The summed E-state index contributed by atoms with van der Waals surface area (Å²) >= 11 is 0. The number of carbonyl (C=O) groups is 1. The van der Waals surface area contributed by atoms with E-state index >= 15 is 0 Å². The molecule has 25 heavy (non-hydrogen) atoms. The fourth-order valence-electron chi connectivity index (χ4n) is 2.62. The van der Waals surface area contributed by atoms with Gasteiger partial charge < -0.3 is 9.64 Å². The van der Waals surface area contributed by atoms with Crippen molar-refractivity contribution in [1.82, 2.24) is 4.98 Å². The molecule has 0 saturated carbocycles. The maximum Gasteiger partial charge on any atom is 0.385 e. The molecule has 0 amide bonds. The number of ether oxygens (including phenoxy) is 1. The molecule has 1 unspecified atom stereocenters. The topological polar surface area (TPSA) is 85.6 Å². The van der Waals surface area contributed by atoms with Crippen molar-refractivity contribution in [2.45, 2.75) is 12.5 Å². The summed E-state index contributed by atoms with van der Waals surface area (Å²) < 4.78 is 5.33. The highest BCUT2D eigenvalue weighted by Crippen LogP contribution is 2.28. The zero-order valence-corrected chi connectivity index (χ0v) is 13.3. The van der Waals surface area contributed by atoms with Gasteiger partial charge in [0.25, 0.3) is 0 Å². The van der Waals surface area contributed by atoms with E-state index in [9.17, 15) is 14.9 Å². The summed E-state index contributed by atoms with van der Waals surface area (Å²) in [6, 6.07) is 12.1. The molecule has 2 aromatic rings.